The Kier molecular flexibility index (Phi) is 7.48. The van der Waals surface area contributed by atoms with Crippen molar-refractivity contribution in [2.24, 2.45) is 11.8 Å². The number of benzene rings is 2. The summed E-state index contributed by atoms with van der Waals surface area (Å²) in [4.78, 5) is 18.6. The van der Waals surface area contributed by atoms with Gasteiger partial charge in [-0.3, -0.25) is 9.78 Å². The fourth-order valence-electron chi connectivity index (χ4n) is 4.95. The zero-order valence-electron chi connectivity index (χ0n) is 19.6. The molecular formula is C28H32N2O4. The summed E-state index contributed by atoms with van der Waals surface area (Å²) in [6.45, 7) is 5.47. The van der Waals surface area contributed by atoms with Gasteiger partial charge in [0.25, 0.3) is 0 Å². The smallest absolute Gasteiger partial charge is 0.308 e. The number of aliphatic hydroxyl groups excluding tert-OH is 1. The second-order valence-corrected chi connectivity index (χ2v) is 9.04. The Morgan fingerprint density at radius 2 is 2.03 bits per heavy atom. The van der Waals surface area contributed by atoms with Crippen molar-refractivity contribution in [1.29, 1.82) is 0 Å². The highest BCUT2D eigenvalue weighted by molar-refractivity contribution is 5.83. The van der Waals surface area contributed by atoms with Crippen LogP contribution in [0.15, 0.2) is 73.1 Å². The van der Waals surface area contributed by atoms with Gasteiger partial charge >= 0.3 is 5.97 Å². The van der Waals surface area contributed by atoms with Crippen molar-refractivity contribution in [3.63, 3.8) is 0 Å². The number of hydrogen-bond donors (Lipinski definition) is 2. The molecule has 0 spiro atoms. The molecule has 0 amide bonds. The van der Waals surface area contributed by atoms with E-state index in [0.29, 0.717) is 25.1 Å². The van der Waals surface area contributed by atoms with E-state index in [9.17, 15) is 15.0 Å². The van der Waals surface area contributed by atoms with E-state index in [1.54, 1.807) is 13.3 Å². The largest absolute Gasteiger partial charge is 0.497 e. The first kappa shape index (κ1) is 23.8. The monoisotopic (exact) mass is 460 g/mol. The summed E-state index contributed by atoms with van der Waals surface area (Å²) in [5.74, 6) is -0.544. The highest BCUT2D eigenvalue weighted by Crippen LogP contribution is 2.34. The average Bonchev–Trinajstić information content (AvgIpc) is 2.86. The number of rotatable bonds is 9. The van der Waals surface area contributed by atoms with Crippen molar-refractivity contribution in [3.8, 4) is 5.75 Å². The van der Waals surface area contributed by atoms with Gasteiger partial charge in [-0.1, -0.05) is 36.9 Å². The van der Waals surface area contributed by atoms with Crippen LogP contribution >= 0.6 is 0 Å². The lowest BCUT2D eigenvalue weighted by molar-refractivity contribution is -0.146. The molecule has 1 fully saturated rings. The molecular weight excluding hydrogens is 428 g/mol. The summed E-state index contributed by atoms with van der Waals surface area (Å²) in [6.07, 6.45) is 3.63. The number of hydrogen-bond acceptors (Lipinski definition) is 5. The summed E-state index contributed by atoms with van der Waals surface area (Å²) >= 11 is 0. The molecule has 1 unspecified atom stereocenters. The van der Waals surface area contributed by atoms with Crippen molar-refractivity contribution in [2.75, 3.05) is 20.2 Å². The van der Waals surface area contributed by atoms with Gasteiger partial charge in [-0.15, -0.1) is 0 Å². The van der Waals surface area contributed by atoms with Crippen LogP contribution in [0.5, 0.6) is 5.75 Å². The maximum absolute atomic E-state index is 12.1. The second kappa shape index (κ2) is 10.7. The number of piperidine rings is 1. The number of ether oxygens (including phenoxy) is 1. The van der Waals surface area contributed by atoms with Crippen LogP contribution in [0.2, 0.25) is 0 Å². The van der Waals surface area contributed by atoms with Gasteiger partial charge in [-0.2, -0.15) is 0 Å². The zero-order chi connectivity index (χ0) is 24.1. The minimum absolute atomic E-state index is 0.00978. The van der Waals surface area contributed by atoms with Gasteiger partial charge in [-0.05, 0) is 60.6 Å². The molecule has 2 N–H and O–H groups in total. The van der Waals surface area contributed by atoms with E-state index in [-0.39, 0.29) is 5.92 Å². The molecule has 1 aliphatic heterocycles. The Morgan fingerprint density at radius 1 is 1.24 bits per heavy atom. The van der Waals surface area contributed by atoms with Gasteiger partial charge in [-0.25, -0.2) is 0 Å². The molecule has 0 saturated carbocycles. The molecule has 2 aromatic carbocycles. The van der Waals surface area contributed by atoms with Crippen LogP contribution in [-0.4, -0.2) is 46.3 Å². The molecule has 3 atom stereocenters. The predicted octanol–water partition coefficient (Wildman–Crippen LogP) is 4.84. The Balaban J connectivity index is 1.40. The number of likely N-dealkylation sites (tertiary alicyclic amines) is 1. The molecule has 3 aromatic rings. The highest BCUT2D eigenvalue weighted by atomic mass is 16.5. The Hall–Kier alpha value is -3.38. The predicted molar refractivity (Wildman–Crippen MR) is 133 cm³/mol. The Bertz CT molecular complexity index is 1150. The van der Waals surface area contributed by atoms with E-state index in [0.717, 1.165) is 41.5 Å². The third-order valence-electron chi connectivity index (χ3n) is 6.92. The van der Waals surface area contributed by atoms with Crippen LogP contribution in [0.1, 0.15) is 36.5 Å². The SMILES string of the molecule is C=C(Cc1ccccc1)N1CC[C@@H](CCC(O)c2ccnc3ccc(OC)cc23)[C@@H](C(=O)O)C1. The second-order valence-electron chi connectivity index (χ2n) is 9.04. The molecule has 6 nitrogen and oxygen atoms in total. The van der Waals surface area contributed by atoms with E-state index in [1.807, 2.05) is 42.5 Å². The number of carboxylic acid groups (broad SMARTS) is 1. The number of aliphatic hydroxyl groups is 1. The summed E-state index contributed by atoms with van der Waals surface area (Å²) < 4.78 is 5.33. The number of aromatic nitrogens is 1. The topological polar surface area (TPSA) is 82.9 Å². The molecule has 1 aromatic heterocycles. The van der Waals surface area contributed by atoms with Gasteiger partial charge in [0.15, 0.2) is 0 Å². The Morgan fingerprint density at radius 3 is 2.76 bits per heavy atom. The van der Waals surface area contributed by atoms with Crippen LogP contribution < -0.4 is 4.74 Å². The Labute approximate surface area is 200 Å². The minimum atomic E-state index is -0.782. The number of carbonyl (C=O) groups is 1. The fourth-order valence-corrected chi connectivity index (χ4v) is 4.95. The van der Waals surface area contributed by atoms with Crippen LogP contribution in [0.3, 0.4) is 0 Å². The molecule has 0 aliphatic carbocycles. The summed E-state index contributed by atoms with van der Waals surface area (Å²) in [6, 6.07) is 17.6. The summed E-state index contributed by atoms with van der Waals surface area (Å²) in [5.41, 5.74) is 3.72. The lowest BCUT2D eigenvalue weighted by atomic mass is 9.81. The average molecular weight is 461 g/mol. The molecule has 34 heavy (non-hydrogen) atoms. The molecule has 0 radical (unpaired) electrons. The lowest BCUT2D eigenvalue weighted by Gasteiger charge is -2.39. The van der Waals surface area contributed by atoms with Crippen molar-refractivity contribution in [3.05, 3.63) is 84.2 Å². The van der Waals surface area contributed by atoms with Crippen molar-refractivity contribution < 1.29 is 19.7 Å². The fraction of sp³-hybridized carbons (Fsp3) is 0.357. The van der Waals surface area contributed by atoms with Crippen LogP contribution in [0, 0.1) is 11.8 Å². The van der Waals surface area contributed by atoms with E-state index < -0.39 is 18.0 Å². The van der Waals surface area contributed by atoms with Crippen molar-refractivity contribution in [1.82, 2.24) is 9.88 Å². The number of allylic oxidation sites excluding steroid dienone is 1. The summed E-state index contributed by atoms with van der Waals surface area (Å²) in [7, 11) is 1.61. The quantitative estimate of drug-likeness (QED) is 0.476. The minimum Gasteiger partial charge on any atom is -0.497 e. The maximum Gasteiger partial charge on any atom is 0.308 e. The van der Waals surface area contributed by atoms with Gasteiger partial charge in [0.1, 0.15) is 5.75 Å². The van der Waals surface area contributed by atoms with Crippen LogP contribution in [-0.2, 0) is 11.2 Å². The first-order valence-corrected chi connectivity index (χ1v) is 11.8. The molecule has 1 aliphatic rings. The van der Waals surface area contributed by atoms with Crippen LogP contribution in [0.4, 0.5) is 0 Å². The highest BCUT2D eigenvalue weighted by Gasteiger charge is 2.35. The third kappa shape index (κ3) is 5.39. The number of fused-ring (bicyclic) bond motifs is 1. The molecule has 2 heterocycles. The van der Waals surface area contributed by atoms with Gasteiger partial charge in [0.05, 0.1) is 24.6 Å². The molecule has 1 saturated heterocycles. The summed E-state index contributed by atoms with van der Waals surface area (Å²) in [5, 5.41) is 21.8. The first-order chi connectivity index (χ1) is 16.5. The van der Waals surface area contributed by atoms with Crippen molar-refractivity contribution >= 4 is 16.9 Å². The molecule has 4 rings (SSSR count). The molecule has 0 bridgehead atoms. The zero-order valence-corrected chi connectivity index (χ0v) is 19.6. The van der Waals surface area contributed by atoms with Crippen LogP contribution in [0.25, 0.3) is 10.9 Å². The van der Waals surface area contributed by atoms with Crippen molar-refractivity contribution in [2.45, 2.75) is 31.8 Å². The number of nitrogens with zero attached hydrogens (tertiary/aromatic N) is 2. The maximum atomic E-state index is 12.1. The molecule has 178 valence electrons. The van der Waals surface area contributed by atoms with Gasteiger partial charge < -0.3 is 19.8 Å². The number of aliphatic carboxylic acids is 1. The van der Waals surface area contributed by atoms with Gasteiger partial charge in [0.2, 0.25) is 0 Å². The standard InChI is InChI=1S/C28H32N2O4/c1-19(16-20-6-4-3-5-7-20)30-15-13-21(25(18-30)28(32)33)8-11-27(31)23-12-14-29-26-10-9-22(34-2)17-24(23)26/h3-7,9-10,12,14,17,21,25,27,31H,1,8,11,13,15-16,18H2,2H3,(H,32,33)/t21-,25+,27?/m1/s1. The van der Waals surface area contributed by atoms with Gasteiger partial charge in [0, 0.05) is 36.8 Å². The van der Waals surface area contributed by atoms with E-state index in [1.165, 1.54) is 5.56 Å². The number of carboxylic acids is 1. The normalized spacial score (nSPS) is 19.1. The molecule has 6 heteroatoms. The third-order valence-corrected chi connectivity index (χ3v) is 6.92. The van der Waals surface area contributed by atoms with E-state index in [2.05, 4.69) is 28.6 Å². The van der Waals surface area contributed by atoms with E-state index >= 15 is 0 Å². The lowest BCUT2D eigenvalue weighted by Crippen LogP contribution is -2.43. The number of pyridine rings is 1. The van der Waals surface area contributed by atoms with E-state index in [4.69, 9.17) is 4.74 Å². The number of methoxy groups -OCH3 is 1. The first-order valence-electron chi connectivity index (χ1n) is 11.8.